The van der Waals surface area contributed by atoms with Crippen molar-refractivity contribution in [2.75, 3.05) is 22.2 Å². The molecule has 1 aromatic rings. The molecule has 0 aromatic heterocycles. The molecular formula is C20H32BrNOS. The van der Waals surface area contributed by atoms with Gasteiger partial charge in [-0.3, -0.25) is 4.79 Å². The van der Waals surface area contributed by atoms with Crippen molar-refractivity contribution in [2.45, 2.75) is 65.2 Å². The SMILES string of the molecule is CC(C)c1cccc(C(C)C)c1NC(=O)CSCCCCCCBr. The van der Waals surface area contributed by atoms with E-state index in [-0.39, 0.29) is 5.91 Å². The molecule has 0 atom stereocenters. The van der Waals surface area contributed by atoms with Gasteiger partial charge in [0.15, 0.2) is 0 Å². The van der Waals surface area contributed by atoms with E-state index in [9.17, 15) is 4.79 Å². The minimum atomic E-state index is 0.121. The molecule has 0 aliphatic rings. The van der Waals surface area contributed by atoms with Crippen molar-refractivity contribution in [1.29, 1.82) is 0 Å². The van der Waals surface area contributed by atoms with Gasteiger partial charge in [-0.25, -0.2) is 0 Å². The van der Waals surface area contributed by atoms with Gasteiger partial charge >= 0.3 is 0 Å². The second-order valence-electron chi connectivity index (χ2n) is 6.82. The predicted octanol–water partition coefficient (Wildman–Crippen LogP) is 6.56. The van der Waals surface area contributed by atoms with E-state index in [4.69, 9.17) is 0 Å². The number of para-hydroxylation sites is 1. The fourth-order valence-corrected chi connectivity index (χ4v) is 3.89. The first-order valence-electron chi connectivity index (χ1n) is 9.03. The summed E-state index contributed by atoms with van der Waals surface area (Å²) in [5.74, 6) is 2.54. The summed E-state index contributed by atoms with van der Waals surface area (Å²) >= 11 is 5.20. The molecule has 0 saturated heterocycles. The average molecular weight is 414 g/mol. The molecule has 1 N–H and O–H groups in total. The van der Waals surface area contributed by atoms with E-state index >= 15 is 0 Å². The number of amides is 1. The third-order valence-electron chi connectivity index (χ3n) is 4.04. The van der Waals surface area contributed by atoms with Gasteiger partial charge < -0.3 is 5.32 Å². The number of anilines is 1. The largest absolute Gasteiger partial charge is 0.325 e. The van der Waals surface area contributed by atoms with Gasteiger partial charge in [0.25, 0.3) is 0 Å². The van der Waals surface area contributed by atoms with Crippen molar-refractivity contribution in [3.05, 3.63) is 29.3 Å². The maximum Gasteiger partial charge on any atom is 0.234 e. The van der Waals surface area contributed by atoms with E-state index in [0.29, 0.717) is 17.6 Å². The van der Waals surface area contributed by atoms with E-state index in [1.807, 2.05) is 0 Å². The quantitative estimate of drug-likeness (QED) is 0.328. The summed E-state index contributed by atoms with van der Waals surface area (Å²) < 4.78 is 0. The molecule has 1 amide bonds. The van der Waals surface area contributed by atoms with Gasteiger partial charge in [0.05, 0.1) is 5.75 Å². The maximum absolute atomic E-state index is 12.4. The van der Waals surface area contributed by atoms with E-state index in [1.54, 1.807) is 11.8 Å². The molecule has 0 bridgehead atoms. The van der Waals surface area contributed by atoms with Gasteiger partial charge in [-0.2, -0.15) is 11.8 Å². The number of alkyl halides is 1. The molecule has 1 rings (SSSR count). The van der Waals surface area contributed by atoms with Crippen LogP contribution < -0.4 is 5.32 Å². The number of hydrogen-bond donors (Lipinski definition) is 1. The molecular weight excluding hydrogens is 382 g/mol. The van der Waals surface area contributed by atoms with Crippen LogP contribution in [0.5, 0.6) is 0 Å². The minimum absolute atomic E-state index is 0.121. The summed E-state index contributed by atoms with van der Waals surface area (Å²) in [5, 5.41) is 4.28. The molecule has 0 radical (unpaired) electrons. The Bertz CT molecular complexity index is 476. The first kappa shape index (κ1) is 21.6. The number of nitrogens with one attached hydrogen (secondary N) is 1. The normalized spacial score (nSPS) is 11.3. The van der Waals surface area contributed by atoms with Crippen molar-refractivity contribution in [3.63, 3.8) is 0 Å². The lowest BCUT2D eigenvalue weighted by molar-refractivity contribution is -0.113. The number of benzene rings is 1. The molecule has 136 valence electrons. The van der Waals surface area contributed by atoms with Crippen LogP contribution in [-0.4, -0.2) is 22.7 Å². The van der Waals surface area contributed by atoms with Crippen LogP contribution in [0.4, 0.5) is 5.69 Å². The summed E-state index contributed by atoms with van der Waals surface area (Å²) in [5.41, 5.74) is 3.49. The Balaban J connectivity index is 2.54. The summed E-state index contributed by atoms with van der Waals surface area (Å²) in [4.78, 5) is 12.4. The zero-order chi connectivity index (χ0) is 17.9. The molecule has 0 aliphatic heterocycles. The zero-order valence-corrected chi connectivity index (χ0v) is 17.9. The van der Waals surface area contributed by atoms with Crippen LogP contribution in [0.2, 0.25) is 0 Å². The van der Waals surface area contributed by atoms with Crippen molar-refractivity contribution >= 4 is 39.3 Å². The first-order chi connectivity index (χ1) is 11.5. The van der Waals surface area contributed by atoms with Crippen molar-refractivity contribution < 1.29 is 4.79 Å². The van der Waals surface area contributed by atoms with Crippen LogP contribution in [0.15, 0.2) is 18.2 Å². The maximum atomic E-state index is 12.4. The molecule has 0 unspecified atom stereocenters. The lowest BCUT2D eigenvalue weighted by Crippen LogP contribution is -2.18. The van der Waals surface area contributed by atoms with Crippen LogP contribution in [0.3, 0.4) is 0 Å². The summed E-state index contributed by atoms with van der Waals surface area (Å²) in [6, 6.07) is 6.36. The summed E-state index contributed by atoms with van der Waals surface area (Å²) in [7, 11) is 0. The lowest BCUT2D eigenvalue weighted by atomic mass is 9.92. The van der Waals surface area contributed by atoms with E-state index < -0.39 is 0 Å². The Morgan fingerprint density at radius 3 is 2.17 bits per heavy atom. The second-order valence-corrected chi connectivity index (χ2v) is 8.72. The molecule has 24 heavy (non-hydrogen) atoms. The number of hydrogen-bond acceptors (Lipinski definition) is 2. The number of carbonyl (C=O) groups is 1. The first-order valence-corrected chi connectivity index (χ1v) is 11.3. The third kappa shape index (κ3) is 7.60. The fraction of sp³-hybridized carbons (Fsp3) is 0.650. The van der Waals surface area contributed by atoms with Gasteiger partial charge in [-0.05, 0) is 41.6 Å². The highest BCUT2D eigenvalue weighted by Crippen LogP contribution is 2.32. The number of rotatable bonds is 11. The highest BCUT2D eigenvalue weighted by Gasteiger charge is 2.15. The predicted molar refractivity (Wildman–Crippen MR) is 113 cm³/mol. The number of unbranched alkanes of at least 4 members (excludes halogenated alkanes) is 3. The molecule has 0 spiro atoms. The van der Waals surface area contributed by atoms with E-state index in [0.717, 1.165) is 16.8 Å². The van der Waals surface area contributed by atoms with Gasteiger partial charge in [0, 0.05) is 11.0 Å². The van der Waals surface area contributed by atoms with Crippen LogP contribution in [0.1, 0.15) is 76.3 Å². The van der Waals surface area contributed by atoms with Crippen LogP contribution in [0, 0.1) is 0 Å². The topological polar surface area (TPSA) is 29.1 Å². The Labute approximate surface area is 160 Å². The van der Waals surface area contributed by atoms with Gasteiger partial charge in [0.1, 0.15) is 0 Å². The van der Waals surface area contributed by atoms with Gasteiger partial charge in [0.2, 0.25) is 5.91 Å². The van der Waals surface area contributed by atoms with Crippen LogP contribution in [-0.2, 0) is 4.79 Å². The Kier molecular flexibility index (Phi) is 10.8. The third-order valence-corrected chi connectivity index (χ3v) is 5.65. The molecule has 1 aromatic carbocycles. The van der Waals surface area contributed by atoms with Crippen molar-refractivity contribution in [3.8, 4) is 0 Å². The molecule has 4 heteroatoms. The van der Waals surface area contributed by atoms with Crippen LogP contribution in [0.25, 0.3) is 0 Å². The van der Waals surface area contributed by atoms with Crippen molar-refractivity contribution in [1.82, 2.24) is 0 Å². The van der Waals surface area contributed by atoms with Crippen molar-refractivity contribution in [2.24, 2.45) is 0 Å². The summed E-state index contributed by atoms with van der Waals surface area (Å²) in [6.45, 7) is 8.71. The smallest absolute Gasteiger partial charge is 0.234 e. The zero-order valence-electron chi connectivity index (χ0n) is 15.5. The average Bonchev–Trinajstić information content (AvgIpc) is 2.53. The molecule has 0 aliphatic carbocycles. The number of carbonyl (C=O) groups excluding carboxylic acids is 1. The highest BCUT2D eigenvalue weighted by atomic mass is 79.9. The Morgan fingerprint density at radius 1 is 1.04 bits per heavy atom. The Morgan fingerprint density at radius 2 is 1.62 bits per heavy atom. The molecule has 0 saturated carbocycles. The fourth-order valence-electron chi connectivity index (χ4n) is 2.69. The number of thioether (sulfide) groups is 1. The lowest BCUT2D eigenvalue weighted by Gasteiger charge is -2.20. The van der Waals surface area contributed by atoms with E-state index in [1.165, 1.54) is 36.8 Å². The number of halogens is 1. The summed E-state index contributed by atoms with van der Waals surface area (Å²) in [6.07, 6.45) is 4.98. The molecule has 0 heterocycles. The molecule has 0 fully saturated rings. The van der Waals surface area contributed by atoms with Gasteiger partial charge in [-0.15, -0.1) is 0 Å². The van der Waals surface area contributed by atoms with E-state index in [2.05, 4.69) is 67.1 Å². The molecule has 2 nitrogen and oxygen atoms in total. The second kappa shape index (κ2) is 12.0. The standard InChI is InChI=1S/C20H32BrNOS/c1-15(2)17-10-9-11-18(16(3)4)20(17)22-19(23)14-24-13-8-6-5-7-12-21/h9-11,15-16H,5-8,12-14H2,1-4H3,(H,22,23). The Hall–Kier alpha value is -0.480. The highest BCUT2D eigenvalue weighted by molar-refractivity contribution is 9.09. The van der Waals surface area contributed by atoms with Gasteiger partial charge in [-0.1, -0.05) is 74.7 Å². The van der Waals surface area contributed by atoms with Crippen LogP contribution >= 0.6 is 27.7 Å². The minimum Gasteiger partial charge on any atom is -0.325 e. The monoisotopic (exact) mass is 413 g/mol.